The fourth-order valence-corrected chi connectivity index (χ4v) is 1.58. The maximum atomic E-state index is 11.1. The minimum atomic E-state index is -0.0498. The summed E-state index contributed by atoms with van der Waals surface area (Å²) < 4.78 is 2.51. The van der Waals surface area contributed by atoms with Gasteiger partial charge >= 0.3 is 5.69 Å². The van der Waals surface area contributed by atoms with Gasteiger partial charge in [0.15, 0.2) is 0 Å². The molecule has 0 fully saturated rings. The van der Waals surface area contributed by atoms with Gasteiger partial charge in [-0.3, -0.25) is 4.57 Å². The smallest absolute Gasteiger partial charge is 0.312 e. The molecule has 0 aliphatic rings. The van der Waals surface area contributed by atoms with Gasteiger partial charge in [0.25, 0.3) is 0 Å². The summed E-state index contributed by atoms with van der Waals surface area (Å²) in [5.41, 5.74) is -0.0498. The molecule has 0 aliphatic heterocycles. The van der Waals surface area contributed by atoms with E-state index in [1.54, 1.807) is 10.8 Å². The third kappa shape index (κ3) is 1.56. The highest BCUT2D eigenvalue weighted by Gasteiger charge is 2.08. The van der Waals surface area contributed by atoms with Crippen molar-refractivity contribution in [3.8, 4) is 0 Å². The van der Waals surface area contributed by atoms with E-state index in [2.05, 4.69) is 27.8 Å². The van der Waals surface area contributed by atoms with E-state index in [1.165, 1.54) is 0 Å². The molecule has 1 heterocycles. The minimum absolute atomic E-state index is 0.0498. The lowest BCUT2D eigenvalue weighted by atomic mass is 10.3. The monoisotopic (exact) mass is 218 g/mol. The number of nitrogens with one attached hydrogen (secondary N) is 1. The molecule has 0 aromatic carbocycles. The lowest BCUT2D eigenvalue weighted by Crippen LogP contribution is -2.20. The van der Waals surface area contributed by atoms with E-state index in [9.17, 15) is 4.79 Å². The van der Waals surface area contributed by atoms with Crippen LogP contribution < -0.4 is 5.69 Å². The highest BCUT2D eigenvalue weighted by atomic mass is 79.9. The van der Waals surface area contributed by atoms with Crippen molar-refractivity contribution in [1.82, 2.24) is 9.55 Å². The van der Waals surface area contributed by atoms with Crippen LogP contribution in [0.25, 0.3) is 0 Å². The van der Waals surface area contributed by atoms with Crippen LogP contribution in [0.2, 0.25) is 0 Å². The molecule has 0 spiro atoms. The number of hydrogen-bond donors (Lipinski definition) is 1. The molecule has 0 bridgehead atoms. The van der Waals surface area contributed by atoms with Gasteiger partial charge in [-0.05, 0) is 29.3 Å². The van der Waals surface area contributed by atoms with Crippen LogP contribution >= 0.6 is 15.9 Å². The minimum Gasteiger partial charge on any atom is -0.312 e. The molecule has 11 heavy (non-hydrogen) atoms. The van der Waals surface area contributed by atoms with Crippen LogP contribution in [0.15, 0.2) is 15.6 Å². The van der Waals surface area contributed by atoms with E-state index in [4.69, 9.17) is 0 Å². The van der Waals surface area contributed by atoms with Gasteiger partial charge in [0, 0.05) is 12.2 Å². The lowest BCUT2D eigenvalue weighted by Gasteiger charge is -2.09. The van der Waals surface area contributed by atoms with Crippen molar-refractivity contribution >= 4 is 15.9 Å². The van der Waals surface area contributed by atoms with Crippen LogP contribution in [-0.4, -0.2) is 9.55 Å². The number of aromatic nitrogens is 2. The first-order chi connectivity index (χ1) is 5.16. The van der Waals surface area contributed by atoms with Gasteiger partial charge < -0.3 is 4.98 Å². The average molecular weight is 219 g/mol. The molecule has 1 aromatic heterocycles. The fraction of sp³-hybridized carbons (Fsp3) is 0.571. The van der Waals surface area contributed by atoms with Gasteiger partial charge in [0.2, 0.25) is 0 Å². The zero-order valence-corrected chi connectivity index (χ0v) is 8.18. The quantitative estimate of drug-likeness (QED) is 0.810. The topological polar surface area (TPSA) is 37.8 Å². The van der Waals surface area contributed by atoms with Crippen molar-refractivity contribution in [2.45, 2.75) is 26.3 Å². The predicted octanol–water partition coefficient (Wildman–Crippen LogP) is 1.91. The van der Waals surface area contributed by atoms with Crippen molar-refractivity contribution < 1.29 is 0 Å². The van der Waals surface area contributed by atoms with E-state index in [0.717, 1.165) is 11.0 Å². The van der Waals surface area contributed by atoms with Crippen LogP contribution in [0, 0.1) is 0 Å². The first-order valence-corrected chi connectivity index (χ1v) is 4.41. The second-order valence-electron chi connectivity index (χ2n) is 2.54. The number of imidazole rings is 1. The molecule has 0 aliphatic carbocycles. The summed E-state index contributed by atoms with van der Waals surface area (Å²) in [4.78, 5) is 13.7. The molecule has 1 N–H and O–H groups in total. The number of aromatic amines is 1. The number of nitrogens with zero attached hydrogens (tertiary/aromatic N) is 1. The maximum Gasteiger partial charge on any atom is 0.326 e. The van der Waals surface area contributed by atoms with Crippen LogP contribution in [0.5, 0.6) is 0 Å². The second-order valence-corrected chi connectivity index (χ2v) is 3.36. The number of H-pyrrole nitrogens is 1. The number of hydrogen-bond acceptors (Lipinski definition) is 1. The zero-order valence-electron chi connectivity index (χ0n) is 6.60. The molecule has 1 rings (SSSR count). The molecular weight excluding hydrogens is 208 g/mol. The summed E-state index contributed by atoms with van der Waals surface area (Å²) >= 11 is 3.29. The molecule has 1 atom stereocenters. The molecule has 1 aromatic rings. The SMILES string of the molecule is CCC(C)n1c(Br)c[nH]c1=O. The molecule has 0 amide bonds. The fourth-order valence-electron chi connectivity index (χ4n) is 0.951. The standard InChI is InChI=1S/C7H11BrN2O/c1-3-5(2)10-6(8)4-9-7(10)11/h4-5H,3H2,1-2H3,(H,9,11). The molecule has 0 saturated heterocycles. The maximum absolute atomic E-state index is 11.1. The van der Waals surface area contributed by atoms with Crippen molar-refractivity contribution in [1.29, 1.82) is 0 Å². The lowest BCUT2D eigenvalue weighted by molar-refractivity contribution is 0.508. The molecule has 0 radical (unpaired) electrons. The van der Waals surface area contributed by atoms with Crippen molar-refractivity contribution in [3.05, 3.63) is 21.3 Å². The summed E-state index contributed by atoms with van der Waals surface area (Å²) in [6, 6.07) is 0.253. The summed E-state index contributed by atoms with van der Waals surface area (Å²) in [5.74, 6) is 0. The Morgan fingerprint density at radius 3 is 2.82 bits per heavy atom. The van der Waals surface area contributed by atoms with Gasteiger partial charge in [-0.15, -0.1) is 0 Å². The van der Waals surface area contributed by atoms with Gasteiger partial charge in [-0.25, -0.2) is 4.79 Å². The second kappa shape index (κ2) is 3.26. The molecule has 3 nitrogen and oxygen atoms in total. The predicted molar refractivity (Wildman–Crippen MR) is 47.8 cm³/mol. The van der Waals surface area contributed by atoms with Crippen LogP contribution in [0.4, 0.5) is 0 Å². The number of halogens is 1. The van der Waals surface area contributed by atoms with Gasteiger partial charge in [-0.2, -0.15) is 0 Å². The Bertz CT molecular complexity index is 289. The van der Waals surface area contributed by atoms with Crippen LogP contribution in [0.3, 0.4) is 0 Å². The Morgan fingerprint density at radius 2 is 2.45 bits per heavy atom. The van der Waals surface area contributed by atoms with Crippen LogP contribution in [0.1, 0.15) is 26.3 Å². The van der Waals surface area contributed by atoms with Crippen molar-refractivity contribution in [3.63, 3.8) is 0 Å². The van der Waals surface area contributed by atoms with E-state index in [-0.39, 0.29) is 11.7 Å². The Hall–Kier alpha value is -0.510. The van der Waals surface area contributed by atoms with Crippen molar-refractivity contribution in [2.75, 3.05) is 0 Å². The molecular formula is C7H11BrN2O. The van der Waals surface area contributed by atoms with Gasteiger partial charge in [0.05, 0.1) is 0 Å². The Morgan fingerprint density at radius 1 is 1.82 bits per heavy atom. The molecule has 0 saturated carbocycles. The molecule has 4 heteroatoms. The van der Waals surface area contributed by atoms with Crippen LogP contribution in [-0.2, 0) is 0 Å². The highest BCUT2D eigenvalue weighted by molar-refractivity contribution is 9.10. The normalized spacial score (nSPS) is 13.4. The van der Waals surface area contributed by atoms with Crippen molar-refractivity contribution in [2.24, 2.45) is 0 Å². The number of rotatable bonds is 2. The molecule has 1 unspecified atom stereocenters. The molecule has 62 valence electrons. The summed E-state index contributed by atoms with van der Waals surface area (Å²) in [7, 11) is 0. The summed E-state index contributed by atoms with van der Waals surface area (Å²) in [6.45, 7) is 4.07. The Balaban J connectivity index is 3.10. The summed E-state index contributed by atoms with van der Waals surface area (Å²) in [6.07, 6.45) is 2.62. The summed E-state index contributed by atoms with van der Waals surface area (Å²) in [5, 5.41) is 0. The van der Waals surface area contributed by atoms with E-state index >= 15 is 0 Å². The third-order valence-electron chi connectivity index (χ3n) is 1.80. The first kappa shape index (κ1) is 8.59. The zero-order chi connectivity index (χ0) is 8.43. The van der Waals surface area contributed by atoms with Gasteiger partial charge in [-0.1, -0.05) is 6.92 Å². The Labute approximate surface area is 73.6 Å². The average Bonchev–Trinajstić information content (AvgIpc) is 2.30. The highest BCUT2D eigenvalue weighted by Crippen LogP contribution is 2.14. The van der Waals surface area contributed by atoms with E-state index in [1.807, 2.05) is 6.92 Å². The Kier molecular flexibility index (Phi) is 2.54. The largest absolute Gasteiger partial charge is 0.326 e. The first-order valence-electron chi connectivity index (χ1n) is 3.62. The van der Waals surface area contributed by atoms with Gasteiger partial charge in [0.1, 0.15) is 4.60 Å². The third-order valence-corrected chi connectivity index (χ3v) is 2.41. The van der Waals surface area contributed by atoms with E-state index < -0.39 is 0 Å². The van der Waals surface area contributed by atoms with E-state index in [0.29, 0.717) is 0 Å².